The Morgan fingerprint density at radius 2 is 1.90 bits per heavy atom. The van der Waals surface area contributed by atoms with Gasteiger partial charge in [-0.25, -0.2) is 0 Å². The van der Waals surface area contributed by atoms with E-state index in [0.29, 0.717) is 23.7 Å². The lowest BCUT2D eigenvalue weighted by Gasteiger charge is -2.29. The third-order valence-corrected chi connectivity index (χ3v) is 5.43. The fourth-order valence-corrected chi connectivity index (χ4v) is 4.06. The van der Waals surface area contributed by atoms with Crippen LogP contribution in [0.5, 0.6) is 5.75 Å². The highest BCUT2D eigenvalue weighted by molar-refractivity contribution is 7.99. The quantitative estimate of drug-likeness (QED) is 0.757. The molecule has 0 radical (unpaired) electrons. The van der Waals surface area contributed by atoms with Gasteiger partial charge < -0.3 is 20.3 Å². The van der Waals surface area contributed by atoms with E-state index in [4.69, 9.17) is 4.74 Å². The maximum absolute atomic E-state index is 12.6. The molecule has 0 unspecified atom stereocenters. The van der Waals surface area contributed by atoms with Crippen LogP contribution in [-0.2, 0) is 14.4 Å². The predicted molar refractivity (Wildman–Crippen MR) is 115 cm³/mol. The highest BCUT2D eigenvalue weighted by atomic mass is 32.2. The maximum atomic E-state index is 12.6. The van der Waals surface area contributed by atoms with E-state index in [1.54, 1.807) is 34.9 Å². The number of ether oxygens (including phenoxy) is 1. The zero-order chi connectivity index (χ0) is 20.8. The number of carbonyl (C=O) groups is 3. The maximum Gasteiger partial charge on any atom is 0.227 e. The SMILES string of the molecule is COc1cc(NC(=O)CCC(=O)N2CCSc3ccccc32)ccc1NC(C)=O. The normalized spacial score (nSPS) is 12.7. The van der Waals surface area contributed by atoms with Crippen molar-refractivity contribution in [1.82, 2.24) is 0 Å². The van der Waals surface area contributed by atoms with Gasteiger partial charge in [0.25, 0.3) is 0 Å². The second-order valence-corrected chi connectivity index (χ2v) is 7.64. The fraction of sp³-hybridized carbons (Fsp3) is 0.286. The first-order valence-electron chi connectivity index (χ1n) is 9.25. The fourth-order valence-electron chi connectivity index (χ4n) is 3.07. The zero-order valence-corrected chi connectivity index (χ0v) is 17.2. The number of nitrogens with zero attached hydrogens (tertiary/aromatic N) is 1. The van der Waals surface area contributed by atoms with Gasteiger partial charge in [0.15, 0.2) is 0 Å². The molecular weight excluding hydrogens is 390 g/mol. The number of benzene rings is 2. The van der Waals surface area contributed by atoms with Gasteiger partial charge in [0, 0.05) is 48.7 Å². The van der Waals surface area contributed by atoms with Crippen LogP contribution in [0.3, 0.4) is 0 Å². The van der Waals surface area contributed by atoms with Crippen molar-refractivity contribution < 1.29 is 19.1 Å². The Kier molecular flexibility index (Phi) is 6.77. The summed E-state index contributed by atoms with van der Waals surface area (Å²) in [6.45, 7) is 2.05. The van der Waals surface area contributed by atoms with Crippen LogP contribution in [0.1, 0.15) is 19.8 Å². The lowest BCUT2D eigenvalue weighted by molar-refractivity contribution is -0.122. The van der Waals surface area contributed by atoms with Crippen LogP contribution < -0.4 is 20.3 Å². The van der Waals surface area contributed by atoms with Gasteiger partial charge in [0.05, 0.1) is 18.5 Å². The number of methoxy groups -OCH3 is 1. The van der Waals surface area contributed by atoms with Crippen LogP contribution >= 0.6 is 11.8 Å². The minimum absolute atomic E-state index is 0.0634. The number of thioether (sulfide) groups is 1. The summed E-state index contributed by atoms with van der Waals surface area (Å²) < 4.78 is 5.25. The van der Waals surface area contributed by atoms with Crippen molar-refractivity contribution in [1.29, 1.82) is 0 Å². The lowest BCUT2D eigenvalue weighted by Crippen LogP contribution is -2.35. The Morgan fingerprint density at radius 3 is 2.66 bits per heavy atom. The molecular formula is C21H23N3O4S. The number of nitrogens with one attached hydrogen (secondary N) is 2. The van der Waals surface area contributed by atoms with E-state index in [-0.39, 0.29) is 30.6 Å². The summed E-state index contributed by atoms with van der Waals surface area (Å²) in [5.74, 6) is 0.752. The second-order valence-electron chi connectivity index (χ2n) is 6.51. The molecule has 2 N–H and O–H groups in total. The van der Waals surface area contributed by atoms with Crippen molar-refractivity contribution >= 4 is 46.5 Å². The third kappa shape index (κ3) is 5.29. The number of para-hydroxylation sites is 1. The van der Waals surface area contributed by atoms with Gasteiger partial charge in [-0.15, -0.1) is 11.8 Å². The van der Waals surface area contributed by atoms with Crippen molar-refractivity contribution in [2.45, 2.75) is 24.7 Å². The standard InChI is InChI=1S/C21H23N3O4S/c1-14(25)22-16-8-7-15(13-18(16)28-2)23-20(26)9-10-21(27)24-11-12-29-19-6-4-3-5-17(19)24/h3-8,13H,9-12H2,1-2H3,(H,22,25)(H,23,26). The Morgan fingerprint density at radius 1 is 1.10 bits per heavy atom. The highest BCUT2D eigenvalue weighted by Gasteiger charge is 2.23. The van der Waals surface area contributed by atoms with Gasteiger partial charge >= 0.3 is 0 Å². The van der Waals surface area contributed by atoms with Crippen molar-refractivity contribution in [3.63, 3.8) is 0 Å². The first-order chi connectivity index (χ1) is 14.0. The van der Waals surface area contributed by atoms with Gasteiger partial charge in [0.2, 0.25) is 17.7 Å². The molecule has 0 saturated heterocycles. The van der Waals surface area contributed by atoms with Gasteiger partial charge in [0.1, 0.15) is 5.75 Å². The summed E-state index contributed by atoms with van der Waals surface area (Å²) in [6, 6.07) is 12.8. The monoisotopic (exact) mass is 413 g/mol. The van der Waals surface area contributed by atoms with Crippen LogP contribution in [0.4, 0.5) is 17.1 Å². The molecule has 0 bridgehead atoms. The summed E-state index contributed by atoms with van der Waals surface area (Å²) in [5.41, 5.74) is 1.97. The summed E-state index contributed by atoms with van der Waals surface area (Å²) in [4.78, 5) is 39.0. The van der Waals surface area contributed by atoms with Crippen LogP contribution in [0.15, 0.2) is 47.4 Å². The van der Waals surface area contributed by atoms with Crippen molar-refractivity contribution in [2.75, 3.05) is 34.9 Å². The van der Waals surface area contributed by atoms with Gasteiger partial charge in [-0.1, -0.05) is 12.1 Å². The molecule has 2 aromatic rings. The number of amides is 3. The molecule has 1 heterocycles. The Labute approximate surface area is 173 Å². The molecule has 0 atom stereocenters. The molecule has 2 aromatic carbocycles. The summed E-state index contributed by atoms with van der Waals surface area (Å²) in [5, 5.41) is 5.43. The van der Waals surface area contributed by atoms with Crippen molar-refractivity contribution in [2.24, 2.45) is 0 Å². The number of hydrogen-bond acceptors (Lipinski definition) is 5. The molecule has 0 aromatic heterocycles. The molecule has 1 aliphatic heterocycles. The summed E-state index contributed by atoms with van der Waals surface area (Å²) >= 11 is 1.73. The zero-order valence-electron chi connectivity index (χ0n) is 16.4. The Bertz CT molecular complexity index is 932. The van der Waals surface area contributed by atoms with Crippen LogP contribution in [0.2, 0.25) is 0 Å². The average Bonchev–Trinajstić information content (AvgIpc) is 2.72. The topological polar surface area (TPSA) is 87.7 Å². The molecule has 0 fully saturated rings. The van der Waals surface area contributed by atoms with Gasteiger partial charge in [-0.2, -0.15) is 0 Å². The molecule has 8 heteroatoms. The molecule has 29 heavy (non-hydrogen) atoms. The number of rotatable bonds is 6. The molecule has 0 saturated carbocycles. The smallest absolute Gasteiger partial charge is 0.227 e. The minimum atomic E-state index is -0.257. The Balaban J connectivity index is 1.58. The first-order valence-corrected chi connectivity index (χ1v) is 10.2. The molecule has 3 rings (SSSR count). The predicted octanol–water partition coefficient (Wildman–Crippen LogP) is 3.51. The van der Waals surface area contributed by atoms with E-state index in [0.717, 1.165) is 16.3 Å². The van der Waals surface area contributed by atoms with Gasteiger partial charge in [-0.05, 0) is 24.3 Å². The number of carbonyl (C=O) groups excluding carboxylic acids is 3. The van der Waals surface area contributed by atoms with E-state index in [1.165, 1.54) is 14.0 Å². The Hall–Kier alpha value is -3.00. The van der Waals surface area contributed by atoms with E-state index in [1.807, 2.05) is 24.3 Å². The first kappa shape index (κ1) is 20.7. The molecule has 7 nitrogen and oxygen atoms in total. The van der Waals surface area contributed by atoms with E-state index < -0.39 is 0 Å². The van der Waals surface area contributed by atoms with E-state index in [2.05, 4.69) is 10.6 Å². The van der Waals surface area contributed by atoms with Gasteiger partial charge in [-0.3, -0.25) is 14.4 Å². The largest absolute Gasteiger partial charge is 0.494 e. The van der Waals surface area contributed by atoms with Crippen LogP contribution in [-0.4, -0.2) is 37.1 Å². The lowest BCUT2D eigenvalue weighted by atomic mass is 10.2. The van der Waals surface area contributed by atoms with Crippen LogP contribution in [0.25, 0.3) is 0 Å². The molecule has 152 valence electrons. The second kappa shape index (κ2) is 9.47. The number of anilines is 3. The van der Waals surface area contributed by atoms with E-state index >= 15 is 0 Å². The van der Waals surface area contributed by atoms with Crippen molar-refractivity contribution in [3.8, 4) is 5.75 Å². The molecule has 0 spiro atoms. The highest BCUT2D eigenvalue weighted by Crippen LogP contribution is 2.34. The molecule has 3 amide bonds. The number of hydrogen-bond donors (Lipinski definition) is 2. The number of fused-ring (bicyclic) bond motifs is 1. The van der Waals surface area contributed by atoms with Crippen LogP contribution in [0, 0.1) is 0 Å². The van der Waals surface area contributed by atoms with Crippen molar-refractivity contribution in [3.05, 3.63) is 42.5 Å². The molecule has 1 aliphatic rings. The minimum Gasteiger partial charge on any atom is -0.494 e. The summed E-state index contributed by atoms with van der Waals surface area (Å²) in [6.07, 6.45) is 0.215. The summed E-state index contributed by atoms with van der Waals surface area (Å²) in [7, 11) is 1.49. The molecule has 0 aliphatic carbocycles. The average molecular weight is 413 g/mol. The third-order valence-electron chi connectivity index (χ3n) is 4.39. The van der Waals surface area contributed by atoms with E-state index in [9.17, 15) is 14.4 Å².